The van der Waals surface area contributed by atoms with E-state index in [1.54, 1.807) is 6.07 Å². The number of pyridine rings is 1. The zero-order valence-electron chi connectivity index (χ0n) is 6.77. The molecule has 6 heteroatoms. The monoisotopic (exact) mass is 324 g/mol. The van der Waals surface area contributed by atoms with Crippen LogP contribution in [0.2, 0.25) is 0 Å². The zero-order chi connectivity index (χ0) is 10.7. The van der Waals surface area contributed by atoms with Gasteiger partial charge in [-0.25, -0.2) is 13.8 Å². The van der Waals surface area contributed by atoms with Crippen LogP contribution in [0, 0.1) is 11.3 Å². The van der Waals surface area contributed by atoms with Crippen LogP contribution in [0.3, 0.4) is 0 Å². The molecule has 0 amide bonds. The molecule has 0 saturated carbocycles. The second-order valence-electron chi connectivity index (χ2n) is 2.40. The zero-order valence-corrected chi connectivity index (χ0v) is 9.94. The predicted molar refractivity (Wildman–Crippen MR) is 54.2 cm³/mol. The number of nitrogens with zero attached hydrogens (tertiary/aromatic N) is 2. The van der Waals surface area contributed by atoms with Crippen molar-refractivity contribution in [3.8, 4) is 6.07 Å². The highest BCUT2D eigenvalue weighted by Crippen LogP contribution is 2.30. The van der Waals surface area contributed by atoms with Crippen LogP contribution in [0.4, 0.5) is 8.78 Å². The molecule has 0 atom stereocenters. The molecule has 1 heterocycles. The number of hydrogen-bond donors (Lipinski definition) is 0. The molecule has 0 N–H and O–H groups in total. The Morgan fingerprint density at radius 1 is 1.57 bits per heavy atom. The molecule has 74 valence electrons. The van der Waals surface area contributed by atoms with Gasteiger partial charge in [-0.1, -0.05) is 31.9 Å². The molecule has 0 saturated heterocycles. The van der Waals surface area contributed by atoms with Crippen molar-refractivity contribution >= 4 is 31.9 Å². The fourth-order valence-corrected chi connectivity index (χ4v) is 1.85. The molecule has 14 heavy (non-hydrogen) atoms. The third-order valence-electron chi connectivity index (χ3n) is 1.52. The maximum Gasteiger partial charge on any atom is 0.267 e. The second kappa shape index (κ2) is 4.80. The van der Waals surface area contributed by atoms with Gasteiger partial charge in [0.05, 0.1) is 11.3 Å². The first-order valence-corrected chi connectivity index (χ1v) is 5.45. The SMILES string of the molecule is N#Cc1nc(CBr)cc(Br)c1C(F)F. The lowest BCUT2D eigenvalue weighted by molar-refractivity contribution is 0.149. The highest BCUT2D eigenvalue weighted by atomic mass is 79.9. The number of aromatic nitrogens is 1. The maximum atomic E-state index is 12.5. The van der Waals surface area contributed by atoms with Gasteiger partial charge in [-0.2, -0.15) is 5.26 Å². The summed E-state index contributed by atoms with van der Waals surface area (Å²) in [6.45, 7) is 0. The summed E-state index contributed by atoms with van der Waals surface area (Å²) in [5, 5.41) is 9.05. The van der Waals surface area contributed by atoms with Crippen LogP contribution in [0.25, 0.3) is 0 Å². The van der Waals surface area contributed by atoms with E-state index in [0.717, 1.165) is 0 Å². The predicted octanol–water partition coefficient (Wildman–Crippen LogP) is 3.55. The highest BCUT2D eigenvalue weighted by Gasteiger charge is 2.19. The Hall–Kier alpha value is -0.540. The average molecular weight is 326 g/mol. The minimum Gasteiger partial charge on any atom is -0.241 e. The Morgan fingerprint density at radius 3 is 2.64 bits per heavy atom. The van der Waals surface area contributed by atoms with Gasteiger partial charge in [0, 0.05) is 9.80 Å². The average Bonchev–Trinajstić information content (AvgIpc) is 2.15. The Balaban J connectivity index is 3.37. The molecule has 0 aromatic carbocycles. The van der Waals surface area contributed by atoms with E-state index in [4.69, 9.17) is 5.26 Å². The number of rotatable bonds is 2. The fourth-order valence-electron chi connectivity index (χ4n) is 0.935. The van der Waals surface area contributed by atoms with Crippen molar-refractivity contribution in [1.82, 2.24) is 4.98 Å². The topological polar surface area (TPSA) is 36.7 Å². The maximum absolute atomic E-state index is 12.5. The van der Waals surface area contributed by atoms with E-state index in [-0.39, 0.29) is 15.7 Å². The molecule has 0 radical (unpaired) electrons. The van der Waals surface area contributed by atoms with Gasteiger partial charge >= 0.3 is 0 Å². The van der Waals surface area contributed by atoms with Gasteiger partial charge in [0.25, 0.3) is 6.43 Å². The Labute approximate surface area is 96.2 Å². The first-order valence-electron chi connectivity index (χ1n) is 3.53. The Kier molecular flexibility index (Phi) is 3.96. The van der Waals surface area contributed by atoms with Gasteiger partial charge in [-0.05, 0) is 6.07 Å². The van der Waals surface area contributed by atoms with Crippen molar-refractivity contribution < 1.29 is 8.78 Å². The lowest BCUT2D eigenvalue weighted by Crippen LogP contribution is -1.99. The molecule has 0 spiro atoms. The van der Waals surface area contributed by atoms with Gasteiger partial charge in [0.2, 0.25) is 0 Å². The number of alkyl halides is 3. The number of nitriles is 1. The van der Waals surface area contributed by atoms with Crippen LogP contribution < -0.4 is 0 Å². The molecule has 0 fully saturated rings. The summed E-state index contributed by atoms with van der Waals surface area (Å²) in [5.41, 5.74) is -0.0427. The van der Waals surface area contributed by atoms with Crippen molar-refractivity contribution in [2.75, 3.05) is 0 Å². The molecule has 0 aliphatic heterocycles. The molecule has 1 aromatic heterocycles. The molecular formula is C8H4Br2F2N2. The molecule has 2 nitrogen and oxygen atoms in total. The molecule has 0 aliphatic carbocycles. The largest absolute Gasteiger partial charge is 0.267 e. The van der Waals surface area contributed by atoms with Crippen LogP contribution >= 0.6 is 31.9 Å². The van der Waals surface area contributed by atoms with Gasteiger partial charge < -0.3 is 0 Å². The molecular weight excluding hydrogens is 322 g/mol. The van der Waals surface area contributed by atoms with Crippen LogP contribution in [0.1, 0.15) is 23.4 Å². The minimum absolute atomic E-state index is 0.216. The van der Waals surface area contributed by atoms with Gasteiger partial charge in [0.1, 0.15) is 6.07 Å². The number of hydrogen-bond acceptors (Lipinski definition) is 2. The summed E-state index contributed by atoms with van der Waals surface area (Å²) in [6.07, 6.45) is -2.70. The normalized spacial score (nSPS) is 10.3. The lowest BCUT2D eigenvalue weighted by Gasteiger charge is -2.06. The Bertz CT molecular complexity index is 388. The van der Waals surface area contributed by atoms with E-state index < -0.39 is 6.43 Å². The quantitative estimate of drug-likeness (QED) is 0.780. The van der Waals surface area contributed by atoms with E-state index in [2.05, 4.69) is 36.8 Å². The van der Waals surface area contributed by atoms with Crippen molar-refractivity contribution in [1.29, 1.82) is 5.26 Å². The van der Waals surface area contributed by atoms with Crippen LogP contribution in [0.5, 0.6) is 0 Å². The van der Waals surface area contributed by atoms with Crippen LogP contribution in [0.15, 0.2) is 10.5 Å². The summed E-state index contributed by atoms with van der Waals surface area (Å²) in [5.74, 6) is 0. The number of halogens is 4. The third-order valence-corrected chi connectivity index (χ3v) is 2.75. The van der Waals surface area contributed by atoms with E-state index >= 15 is 0 Å². The Morgan fingerprint density at radius 2 is 2.21 bits per heavy atom. The van der Waals surface area contributed by atoms with Crippen molar-refractivity contribution in [3.05, 3.63) is 27.5 Å². The molecule has 0 aliphatic rings. The van der Waals surface area contributed by atoms with Crippen LogP contribution in [-0.4, -0.2) is 4.98 Å². The second-order valence-corrected chi connectivity index (χ2v) is 3.82. The molecule has 1 aromatic rings. The molecule has 0 unspecified atom stereocenters. The fraction of sp³-hybridized carbons (Fsp3) is 0.250. The molecule has 1 rings (SSSR count). The van der Waals surface area contributed by atoms with E-state index in [1.807, 2.05) is 0 Å². The lowest BCUT2D eigenvalue weighted by atomic mass is 10.2. The summed E-state index contributed by atoms with van der Waals surface area (Å²) in [4.78, 5) is 3.77. The van der Waals surface area contributed by atoms with E-state index in [9.17, 15) is 8.78 Å². The summed E-state index contributed by atoms with van der Waals surface area (Å²) in [6, 6.07) is 3.12. The first kappa shape index (κ1) is 11.5. The summed E-state index contributed by atoms with van der Waals surface area (Å²) >= 11 is 6.12. The van der Waals surface area contributed by atoms with Gasteiger partial charge in [0.15, 0.2) is 5.69 Å². The van der Waals surface area contributed by atoms with Crippen molar-refractivity contribution in [3.63, 3.8) is 0 Å². The van der Waals surface area contributed by atoms with Crippen LogP contribution in [-0.2, 0) is 5.33 Å². The molecule has 0 bridgehead atoms. The standard InChI is InChI=1S/C8H4Br2F2N2/c9-2-4-1-5(10)7(8(11)12)6(3-13)14-4/h1,8H,2H2. The van der Waals surface area contributed by atoms with Gasteiger partial charge in [-0.15, -0.1) is 0 Å². The minimum atomic E-state index is -2.70. The first-order chi connectivity index (χ1) is 6.60. The van der Waals surface area contributed by atoms with E-state index in [0.29, 0.717) is 11.0 Å². The van der Waals surface area contributed by atoms with Crippen molar-refractivity contribution in [2.45, 2.75) is 11.8 Å². The van der Waals surface area contributed by atoms with Crippen molar-refractivity contribution in [2.24, 2.45) is 0 Å². The summed E-state index contributed by atoms with van der Waals surface area (Å²) in [7, 11) is 0. The van der Waals surface area contributed by atoms with E-state index in [1.165, 1.54) is 6.07 Å². The summed E-state index contributed by atoms with van der Waals surface area (Å²) < 4.78 is 25.2. The smallest absolute Gasteiger partial charge is 0.241 e. The van der Waals surface area contributed by atoms with Gasteiger partial charge in [-0.3, -0.25) is 0 Å². The highest BCUT2D eigenvalue weighted by molar-refractivity contribution is 9.10. The third kappa shape index (κ3) is 2.28.